The first-order valence-electron chi connectivity index (χ1n) is 5.98. The molecule has 6 heteroatoms. The van der Waals surface area contributed by atoms with Gasteiger partial charge < -0.3 is 20.5 Å². The summed E-state index contributed by atoms with van der Waals surface area (Å²) in [6, 6.07) is 1.75. The van der Waals surface area contributed by atoms with Crippen LogP contribution in [0.2, 0.25) is 0 Å². The van der Waals surface area contributed by atoms with Crippen molar-refractivity contribution in [3.8, 4) is 0 Å². The third kappa shape index (κ3) is 2.70. The van der Waals surface area contributed by atoms with E-state index in [4.69, 9.17) is 15.2 Å². The molecule has 0 amide bonds. The Morgan fingerprint density at radius 2 is 2.56 bits per heavy atom. The molecule has 98 valence electrons. The number of carbonyl (C=O) groups is 1. The van der Waals surface area contributed by atoms with Crippen molar-refractivity contribution in [1.29, 1.82) is 0 Å². The summed E-state index contributed by atoms with van der Waals surface area (Å²) in [5.74, 6) is 0.0826. The SMILES string of the molecule is CCOC(=O)c1ccnc(NC2CCOC2)c1N. The monoisotopic (exact) mass is 251 g/mol. The van der Waals surface area contributed by atoms with Gasteiger partial charge in [0.05, 0.1) is 30.5 Å². The van der Waals surface area contributed by atoms with E-state index in [1.54, 1.807) is 19.2 Å². The van der Waals surface area contributed by atoms with Crippen molar-refractivity contribution >= 4 is 17.5 Å². The number of pyridine rings is 1. The van der Waals surface area contributed by atoms with E-state index in [2.05, 4.69) is 10.3 Å². The molecule has 1 aromatic heterocycles. The smallest absolute Gasteiger partial charge is 0.340 e. The Balaban J connectivity index is 2.15. The number of nitrogens with zero attached hydrogens (tertiary/aromatic N) is 1. The molecule has 0 saturated carbocycles. The summed E-state index contributed by atoms with van der Waals surface area (Å²) in [6.45, 7) is 3.43. The van der Waals surface area contributed by atoms with E-state index in [0.29, 0.717) is 30.3 Å². The molecule has 6 nitrogen and oxygen atoms in total. The fraction of sp³-hybridized carbons (Fsp3) is 0.500. The highest BCUT2D eigenvalue weighted by atomic mass is 16.5. The predicted octanol–water partition coefficient (Wildman–Crippen LogP) is 1.04. The van der Waals surface area contributed by atoms with Gasteiger partial charge in [-0.1, -0.05) is 0 Å². The maximum absolute atomic E-state index is 11.7. The zero-order valence-electron chi connectivity index (χ0n) is 10.3. The number of carbonyl (C=O) groups excluding carboxylic acids is 1. The highest BCUT2D eigenvalue weighted by Gasteiger charge is 2.19. The van der Waals surface area contributed by atoms with Gasteiger partial charge in [0.15, 0.2) is 0 Å². The lowest BCUT2D eigenvalue weighted by molar-refractivity contribution is 0.0527. The molecule has 1 aliphatic heterocycles. The Bertz CT molecular complexity index is 431. The molecule has 1 unspecified atom stereocenters. The van der Waals surface area contributed by atoms with Gasteiger partial charge in [0.1, 0.15) is 5.82 Å². The molecule has 0 bridgehead atoms. The Morgan fingerprint density at radius 3 is 3.22 bits per heavy atom. The average Bonchev–Trinajstić information content (AvgIpc) is 2.85. The number of hydrogen-bond acceptors (Lipinski definition) is 6. The lowest BCUT2D eigenvalue weighted by Gasteiger charge is -2.14. The molecular weight excluding hydrogens is 234 g/mol. The quantitative estimate of drug-likeness (QED) is 0.778. The van der Waals surface area contributed by atoms with Crippen molar-refractivity contribution in [3.05, 3.63) is 17.8 Å². The minimum absolute atomic E-state index is 0.192. The lowest BCUT2D eigenvalue weighted by Crippen LogP contribution is -2.21. The van der Waals surface area contributed by atoms with Crippen LogP contribution in [0.4, 0.5) is 11.5 Å². The van der Waals surface area contributed by atoms with Crippen LogP contribution in [0.1, 0.15) is 23.7 Å². The van der Waals surface area contributed by atoms with Crippen LogP contribution >= 0.6 is 0 Å². The Labute approximate surface area is 105 Å². The van der Waals surface area contributed by atoms with Gasteiger partial charge in [-0.05, 0) is 19.4 Å². The van der Waals surface area contributed by atoms with Crippen molar-refractivity contribution in [1.82, 2.24) is 4.98 Å². The van der Waals surface area contributed by atoms with Gasteiger partial charge in [-0.3, -0.25) is 0 Å². The van der Waals surface area contributed by atoms with E-state index >= 15 is 0 Å². The van der Waals surface area contributed by atoms with Gasteiger partial charge in [0.25, 0.3) is 0 Å². The zero-order valence-corrected chi connectivity index (χ0v) is 10.3. The van der Waals surface area contributed by atoms with E-state index in [9.17, 15) is 4.79 Å². The Kier molecular flexibility index (Phi) is 3.99. The number of esters is 1. The molecule has 0 aromatic carbocycles. The Hall–Kier alpha value is -1.82. The van der Waals surface area contributed by atoms with Crippen LogP contribution in [0.25, 0.3) is 0 Å². The number of aromatic nitrogens is 1. The van der Waals surface area contributed by atoms with Crippen LogP contribution in [0, 0.1) is 0 Å². The first-order chi connectivity index (χ1) is 8.72. The standard InChI is InChI=1S/C12H17N3O3/c1-2-18-12(16)9-3-5-14-11(10(9)13)15-8-4-6-17-7-8/h3,5,8H,2,4,6-7,13H2,1H3,(H,14,15). The van der Waals surface area contributed by atoms with Crippen LogP contribution in [-0.4, -0.2) is 36.8 Å². The largest absolute Gasteiger partial charge is 0.462 e. The summed E-state index contributed by atoms with van der Waals surface area (Å²) in [6.07, 6.45) is 2.45. The highest BCUT2D eigenvalue weighted by Crippen LogP contribution is 2.22. The maximum Gasteiger partial charge on any atom is 0.340 e. The molecule has 18 heavy (non-hydrogen) atoms. The van der Waals surface area contributed by atoms with Gasteiger partial charge >= 0.3 is 5.97 Å². The van der Waals surface area contributed by atoms with Crippen molar-refractivity contribution in [2.75, 3.05) is 30.9 Å². The van der Waals surface area contributed by atoms with Crippen LogP contribution in [0.5, 0.6) is 0 Å². The number of nitrogens with one attached hydrogen (secondary N) is 1. The second-order valence-corrected chi connectivity index (χ2v) is 4.05. The number of hydrogen-bond donors (Lipinski definition) is 2. The van der Waals surface area contributed by atoms with Crippen molar-refractivity contribution in [2.24, 2.45) is 0 Å². The molecule has 1 fully saturated rings. The Morgan fingerprint density at radius 1 is 1.72 bits per heavy atom. The summed E-state index contributed by atoms with van der Waals surface area (Å²) >= 11 is 0. The number of nitrogens with two attached hydrogens (primary N) is 1. The van der Waals surface area contributed by atoms with Gasteiger partial charge in [0, 0.05) is 12.8 Å². The summed E-state index contributed by atoms with van der Waals surface area (Å²) in [5.41, 5.74) is 6.59. The third-order valence-corrected chi connectivity index (χ3v) is 2.76. The van der Waals surface area contributed by atoms with Gasteiger partial charge in [-0.2, -0.15) is 0 Å². The number of anilines is 2. The number of rotatable bonds is 4. The first kappa shape index (κ1) is 12.6. The van der Waals surface area contributed by atoms with Gasteiger partial charge in [-0.15, -0.1) is 0 Å². The molecule has 0 radical (unpaired) electrons. The summed E-state index contributed by atoms with van der Waals surface area (Å²) < 4.78 is 10.2. The fourth-order valence-electron chi connectivity index (χ4n) is 1.82. The molecule has 1 aromatic rings. The molecule has 2 heterocycles. The molecule has 3 N–H and O–H groups in total. The number of nitrogen functional groups attached to an aromatic ring is 1. The van der Waals surface area contributed by atoms with Gasteiger partial charge in [0.2, 0.25) is 0 Å². The fourth-order valence-corrected chi connectivity index (χ4v) is 1.82. The zero-order chi connectivity index (χ0) is 13.0. The lowest BCUT2D eigenvalue weighted by atomic mass is 10.2. The van der Waals surface area contributed by atoms with E-state index < -0.39 is 5.97 Å². The second kappa shape index (κ2) is 5.68. The topological polar surface area (TPSA) is 86.5 Å². The van der Waals surface area contributed by atoms with Crippen molar-refractivity contribution < 1.29 is 14.3 Å². The summed E-state index contributed by atoms with van der Waals surface area (Å²) in [5, 5.41) is 3.18. The third-order valence-electron chi connectivity index (χ3n) is 2.76. The van der Waals surface area contributed by atoms with Crippen LogP contribution in [0.15, 0.2) is 12.3 Å². The molecule has 1 saturated heterocycles. The molecule has 1 atom stereocenters. The average molecular weight is 251 g/mol. The molecular formula is C12H17N3O3. The van der Waals surface area contributed by atoms with Crippen LogP contribution < -0.4 is 11.1 Å². The normalized spacial score (nSPS) is 18.6. The second-order valence-electron chi connectivity index (χ2n) is 4.05. The molecule has 0 aliphatic carbocycles. The van der Waals surface area contributed by atoms with Gasteiger partial charge in [-0.25, -0.2) is 9.78 Å². The summed E-state index contributed by atoms with van der Waals surface area (Å²) in [7, 11) is 0. The minimum atomic E-state index is -0.428. The molecule has 1 aliphatic rings. The molecule has 2 rings (SSSR count). The summed E-state index contributed by atoms with van der Waals surface area (Å²) in [4.78, 5) is 15.8. The minimum Gasteiger partial charge on any atom is -0.462 e. The predicted molar refractivity (Wildman–Crippen MR) is 67.5 cm³/mol. The highest BCUT2D eigenvalue weighted by molar-refractivity contribution is 5.97. The van der Waals surface area contributed by atoms with E-state index in [-0.39, 0.29) is 6.04 Å². The van der Waals surface area contributed by atoms with Crippen molar-refractivity contribution in [2.45, 2.75) is 19.4 Å². The van der Waals surface area contributed by atoms with Crippen molar-refractivity contribution in [3.63, 3.8) is 0 Å². The van der Waals surface area contributed by atoms with Crippen LogP contribution in [-0.2, 0) is 9.47 Å². The van der Waals surface area contributed by atoms with E-state index in [1.165, 1.54) is 0 Å². The first-order valence-corrected chi connectivity index (χ1v) is 5.98. The maximum atomic E-state index is 11.7. The van der Waals surface area contributed by atoms with E-state index in [0.717, 1.165) is 13.0 Å². The van der Waals surface area contributed by atoms with E-state index in [1.807, 2.05) is 0 Å². The molecule has 0 spiro atoms. The van der Waals surface area contributed by atoms with Crippen LogP contribution in [0.3, 0.4) is 0 Å². The number of ether oxygens (including phenoxy) is 2.